The minimum atomic E-state index is 0.617. The van der Waals surface area contributed by atoms with E-state index in [1.807, 2.05) is 40.6 Å². The number of halogens is 1. The van der Waals surface area contributed by atoms with Crippen molar-refractivity contribution < 1.29 is 4.74 Å². The van der Waals surface area contributed by atoms with Crippen LogP contribution in [0.15, 0.2) is 48.5 Å². The third-order valence-electron chi connectivity index (χ3n) is 5.28. The van der Waals surface area contributed by atoms with E-state index in [9.17, 15) is 0 Å². The molecule has 3 aromatic rings. The molecule has 4 rings (SSSR count). The molecule has 0 radical (unpaired) electrons. The van der Waals surface area contributed by atoms with Crippen LogP contribution in [0.3, 0.4) is 0 Å². The first-order valence-corrected chi connectivity index (χ1v) is 10.8. The van der Waals surface area contributed by atoms with Gasteiger partial charge in [-0.15, -0.1) is 0 Å². The van der Waals surface area contributed by atoms with Crippen molar-refractivity contribution in [2.45, 2.75) is 13.2 Å². The zero-order valence-electron chi connectivity index (χ0n) is 17.3. The summed E-state index contributed by atoms with van der Waals surface area (Å²) in [4.78, 5) is 4.57. The summed E-state index contributed by atoms with van der Waals surface area (Å²) in [5.41, 5.74) is 3.51. The lowest BCUT2D eigenvalue weighted by atomic mass is 10.2. The van der Waals surface area contributed by atoms with Gasteiger partial charge in [0, 0.05) is 43.0 Å². The molecule has 1 aromatic heterocycles. The van der Waals surface area contributed by atoms with Gasteiger partial charge < -0.3 is 14.2 Å². The molecule has 158 valence electrons. The number of aromatic nitrogens is 3. The smallest absolute Gasteiger partial charge is 0.199 e. The van der Waals surface area contributed by atoms with Gasteiger partial charge in [-0.2, -0.15) is 5.10 Å². The summed E-state index contributed by atoms with van der Waals surface area (Å²) in [6.07, 6.45) is 0. The fourth-order valence-corrected chi connectivity index (χ4v) is 3.97. The zero-order chi connectivity index (χ0) is 21.1. The summed E-state index contributed by atoms with van der Waals surface area (Å²) in [6, 6.07) is 16.4. The van der Waals surface area contributed by atoms with Gasteiger partial charge in [-0.3, -0.25) is 4.90 Å². The van der Waals surface area contributed by atoms with Crippen molar-refractivity contribution in [2.24, 2.45) is 7.05 Å². The minimum Gasteiger partial charge on any atom is -0.378 e. The van der Waals surface area contributed by atoms with Crippen LogP contribution in [0.1, 0.15) is 5.56 Å². The van der Waals surface area contributed by atoms with Crippen molar-refractivity contribution in [2.75, 3.05) is 38.3 Å². The Bertz CT molecular complexity index is 1040. The first-order chi connectivity index (χ1) is 14.5. The van der Waals surface area contributed by atoms with E-state index in [-0.39, 0.29) is 0 Å². The van der Waals surface area contributed by atoms with Crippen LogP contribution in [0, 0.1) is 4.77 Å². The molecule has 0 atom stereocenters. The average Bonchev–Trinajstić information content (AvgIpc) is 3.04. The minimum absolute atomic E-state index is 0.617. The normalized spacial score (nSPS) is 14.5. The van der Waals surface area contributed by atoms with Crippen molar-refractivity contribution in [3.63, 3.8) is 0 Å². The van der Waals surface area contributed by atoms with Gasteiger partial charge in [-0.25, -0.2) is 4.68 Å². The first-order valence-electron chi connectivity index (χ1n) is 10.0. The molecule has 6 nitrogen and oxygen atoms in total. The molecular weight excluding hydrogens is 418 g/mol. The van der Waals surface area contributed by atoms with E-state index in [0.29, 0.717) is 16.5 Å². The second-order valence-electron chi connectivity index (χ2n) is 7.59. The van der Waals surface area contributed by atoms with Crippen LogP contribution < -0.4 is 4.90 Å². The summed E-state index contributed by atoms with van der Waals surface area (Å²) < 4.78 is 9.92. The van der Waals surface area contributed by atoms with Gasteiger partial charge in [0.1, 0.15) is 0 Å². The van der Waals surface area contributed by atoms with Crippen molar-refractivity contribution in [1.82, 2.24) is 19.2 Å². The van der Waals surface area contributed by atoms with Crippen LogP contribution in [0.25, 0.3) is 11.4 Å². The van der Waals surface area contributed by atoms with Crippen LogP contribution in [-0.2, 0) is 25.0 Å². The number of morpholine rings is 1. The summed E-state index contributed by atoms with van der Waals surface area (Å²) in [7, 11) is 4.02. The Morgan fingerprint density at radius 3 is 2.40 bits per heavy atom. The molecule has 8 heteroatoms. The van der Waals surface area contributed by atoms with E-state index < -0.39 is 0 Å². The Hall–Kier alpha value is -2.19. The molecule has 0 saturated carbocycles. The topological polar surface area (TPSA) is 38.5 Å². The number of ether oxygens (including phenoxy) is 1. The Labute approximate surface area is 187 Å². The van der Waals surface area contributed by atoms with Crippen molar-refractivity contribution >= 4 is 29.5 Å². The molecule has 0 spiro atoms. The molecule has 1 aliphatic heterocycles. The van der Waals surface area contributed by atoms with Crippen LogP contribution in [-0.4, -0.2) is 52.6 Å². The molecule has 0 aliphatic carbocycles. The predicted octanol–water partition coefficient (Wildman–Crippen LogP) is 4.20. The lowest BCUT2D eigenvalue weighted by Gasteiger charge is -2.29. The van der Waals surface area contributed by atoms with E-state index in [2.05, 4.69) is 41.1 Å². The molecule has 1 aliphatic rings. The van der Waals surface area contributed by atoms with E-state index in [1.165, 1.54) is 11.3 Å². The van der Waals surface area contributed by atoms with Crippen LogP contribution in [0.5, 0.6) is 0 Å². The Morgan fingerprint density at radius 1 is 1.07 bits per heavy atom. The number of rotatable bonds is 6. The first kappa shape index (κ1) is 21.1. The Morgan fingerprint density at radius 2 is 1.73 bits per heavy atom. The number of hydrogen-bond acceptors (Lipinski definition) is 5. The number of benzene rings is 2. The summed E-state index contributed by atoms with van der Waals surface area (Å²) in [5.74, 6) is 0.833. The molecule has 2 aromatic carbocycles. The second-order valence-corrected chi connectivity index (χ2v) is 8.39. The fraction of sp³-hybridized carbons (Fsp3) is 0.364. The molecule has 1 fully saturated rings. The van der Waals surface area contributed by atoms with Gasteiger partial charge in [-0.1, -0.05) is 23.7 Å². The number of anilines is 1. The van der Waals surface area contributed by atoms with Gasteiger partial charge in [0.25, 0.3) is 0 Å². The zero-order valence-corrected chi connectivity index (χ0v) is 18.9. The van der Waals surface area contributed by atoms with Gasteiger partial charge in [0.2, 0.25) is 0 Å². The van der Waals surface area contributed by atoms with Crippen LogP contribution in [0.2, 0.25) is 5.02 Å². The molecule has 30 heavy (non-hydrogen) atoms. The molecule has 1 saturated heterocycles. The second kappa shape index (κ2) is 9.31. The van der Waals surface area contributed by atoms with E-state index >= 15 is 0 Å². The fourth-order valence-electron chi connectivity index (χ4n) is 3.65. The predicted molar refractivity (Wildman–Crippen MR) is 123 cm³/mol. The van der Waals surface area contributed by atoms with Crippen molar-refractivity contribution in [1.29, 1.82) is 0 Å². The van der Waals surface area contributed by atoms with Crippen LogP contribution in [0.4, 0.5) is 5.69 Å². The van der Waals surface area contributed by atoms with Gasteiger partial charge >= 0.3 is 0 Å². The maximum absolute atomic E-state index is 6.01. The van der Waals surface area contributed by atoms with Gasteiger partial charge in [0.15, 0.2) is 10.6 Å². The van der Waals surface area contributed by atoms with Crippen LogP contribution >= 0.6 is 23.8 Å². The highest BCUT2D eigenvalue weighted by Gasteiger charge is 2.13. The van der Waals surface area contributed by atoms with Crippen molar-refractivity contribution in [3.05, 3.63) is 63.9 Å². The highest BCUT2D eigenvalue weighted by Crippen LogP contribution is 2.21. The highest BCUT2D eigenvalue weighted by atomic mass is 35.5. The standard InChI is InChI=1S/C22H26ClN5OS/c1-25(15-17-3-9-20(10-4-17)27-11-13-29-14-12-27)16-28-22(30)26(2)21(24-28)18-5-7-19(23)8-6-18/h3-10H,11-16H2,1-2H3. The summed E-state index contributed by atoms with van der Waals surface area (Å²) in [5, 5.41) is 5.45. The molecule has 0 amide bonds. The highest BCUT2D eigenvalue weighted by molar-refractivity contribution is 7.71. The van der Waals surface area contributed by atoms with Crippen molar-refractivity contribution in [3.8, 4) is 11.4 Å². The Balaban J connectivity index is 1.42. The third kappa shape index (κ3) is 4.75. The quantitative estimate of drug-likeness (QED) is 0.534. The monoisotopic (exact) mass is 443 g/mol. The van der Waals surface area contributed by atoms with E-state index in [0.717, 1.165) is 44.2 Å². The average molecular weight is 444 g/mol. The number of hydrogen-bond donors (Lipinski definition) is 0. The molecule has 0 unspecified atom stereocenters. The van der Waals surface area contributed by atoms with Gasteiger partial charge in [0.05, 0.1) is 19.9 Å². The van der Waals surface area contributed by atoms with E-state index in [1.54, 1.807) is 0 Å². The summed E-state index contributed by atoms with van der Waals surface area (Å²) >= 11 is 11.6. The maximum atomic E-state index is 6.01. The Kier molecular flexibility index (Phi) is 6.53. The summed E-state index contributed by atoms with van der Waals surface area (Å²) in [6.45, 7) is 4.93. The van der Waals surface area contributed by atoms with E-state index in [4.69, 9.17) is 33.7 Å². The lowest BCUT2D eigenvalue weighted by molar-refractivity contribution is 0.122. The molecule has 2 heterocycles. The molecule has 0 N–H and O–H groups in total. The van der Waals surface area contributed by atoms with Gasteiger partial charge in [-0.05, 0) is 61.2 Å². The molecular formula is C22H26ClN5OS. The largest absolute Gasteiger partial charge is 0.378 e. The SMILES string of the molecule is CN(Cc1ccc(N2CCOCC2)cc1)Cn1nc(-c2ccc(Cl)cc2)n(C)c1=S. The lowest BCUT2D eigenvalue weighted by Crippen LogP contribution is -2.36. The number of nitrogens with zero attached hydrogens (tertiary/aromatic N) is 5. The maximum Gasteiger partial charge on any atom is 0.199 e. The third-order valence-corrected chi connectivity index (χ3v) is 6.02. The molecule has 0 bridgehead atoms.